The maximum Gasteiger partial charge on any atom is 0.322 e. The predicted octanol–water partition coefficient (Wildman–Crippen LogP) is 2.75. The molecule has 0 saturated carbocycles. The molecule has 2 heterocycles. The van der Waals surface area contributed by atoms with Crippen LogP contribution < -0.4 is 5.32 Å². The van der Waals surface area contributed by atoms with Gasteiger partial charge >= 0.3 is 6.03 Å². The zero-order chi connectivity index (χ0) is 16.2. The maximum atomic E-state index is 12.5. The second-order valence-electron chi connectivity index (χ2n) is 5.90. The van der Waals surface area contributed by atoms with Crippen LogP contribution in [0.25, 0.3) is 0 Å². The minimum absolute atomic E-state index is 0.0803. The highest BCUT2D eigenvalue weighted by Crippen LogP contribution is 2.38. The number of carbonyl (C=O) groups excluding carboxylic acids is 1. The van der Waals surface area contributed by atoms with Crippen molar-refractivity contribution >= 4 is 11.7 Å². The molecular weight excluding hydrogens is 292 g/mol. The molecule has 1 aliphatic heterocycles. The number of amides is 2. The van der Waals surface area contributed by atoms with Gasteiger partial charge in [-0.25, -0.2) is 4.79 Å². The number of hydrogen-bond acceptors (Lipinski definition) is 3. The first-order valence-electron chi connectivity index (χ1n) is 7.83. The minimum atomic E-state index is -0.0803. The number of carbonyl (C=O) groups is 1. The van der Waals surface area contributed by atoms with Crippen LogP contribution in [0.1, 0.15) is 18.5 Å². The molecule has 0 radical (unpaired) electrons. The summed E-state index contributed by atoms with van der Waals surface area (Å²) in [5.74, 6) is 0.465. The average molecular weight is 314 g/mol. The molecule has 0 bridgehead atoms. The van der Waals surface area contributed by atoms with Crippen molar-refractivity contribution in [3.8, 4) is 0 Å². The topological polar surface area (TPSA) is 59.4 Å². The fourth-order valence-corrected chi connectivity index (χ4v) is 2.99. The third-order valence-corrected chi connectivity index (χ3v) is 4.17. The van der Waals surface area contributed by atoms with E-state index in [1.165, 1.54) is 5.56 Å². The Morgan fingerprint density at radius 3 is 2.87 bits per heavy atom. The van der Waals surface area contributed by atoms with E-state index >= 15 is 0 Å². The average Bonchev–Trinajstić information content (AvgIpc) is 2.98. The van der Waals surface area contributed by atoms with Crippen molar-refractivity contribution in [2.75, 3.05) is 25.6 Å². The maximum absolute atomic E-state index is 12.5. The number of nitrogens with one attached hydrogen (secondary N) is 1. The number of likely N-dealkylation sites (tertiary alicyclic amines) is 1. The van der Waals surface area contributed by atoms with Gasteiger partial charge < -0.3 is 15.0 Å². The van der Waals surface area contributed by atoms with Crippen LogP contribution in [0, 0.1) is 5.92 Å². The Hall–Kier alpha value is -2.34. The summed E-state index contributed by atoms with van der Waals surface area (Å²) in [6.45, 7) is 4.20. The number of hydrogen-bond donors (Lipinski definition) is 1. The van der Waals surface area contributed by atoms with Gasteiger partial charge in [-0.05, 0) is 11.5 Å². The minimum Gasteiger partial charge on any atom is -0.383 e. The fraction of sp³-hybridized carbons (Fsp3) is 0.412. The van der Waals surface area contributed by atoms with Crippen molar-refractivity contribution in [1.82, 2.24) is 14.7 Å². The van der Waals surface area contributed by atoms with Gasteiger partial charge in [0.15, 0.2) is 0 Å². The van der Waals surface area contributed by atoms with Gasteiger partial charge in [-0.2, -0.15) is 5.10 Å². The molecule has 1 saturated heterocycles. The quantitative estimate of drug-likeness (QED) is 0.923. The molecule has 2 unspecified atom stereocenters. The van der Waals surface area contributed by atoms with Gasteiger partial charge in [0.25, 0.3) is 0 Å². The Bertz CT molecular complexity index is 656. The molecule has 2 atom stereocenters. The summed E-state index contributed by atoms with van der Waals surface area (Å²) >= 11 is 0. The zero-order valence-corrected chi connectivity index (χ0v) is 13.5. The number of anilines is 1. The number of nitrogens with zero attached hydrogens (tertiary/aromatic N) is 3. The molecule has 3 rings (SSSR count). The van der Waals surface area contributed by atoms with Gasteiger partial charge in [0.1, 0.15) is 0 Å². The van der Waals surface area contributed by atoms with Gasteiger partial charge in [0.2, 0.25) is 0 Å². The number of benzene rings is 1. The molecule has 122 valence electrons. The first-order valence-corrected chi connectivity index (χ1v) is 7.83. The van der Waals surface area contributed by atoms with E-state index in [9.17, 15) is 4.79 Å². The number of rotatable bonds is 5. The number of urea groups is 1. The van der Waals surface area contributed by atoms with Gasteiger partial charge in [-0.1, -0.05) is 37.3 Å². The van der Waals surface area contributed by atoms with E-state index in [0.29, 0.717) is 24.8 Å². The highest BCUT2D eigenvalue weighted by molar-refractivity contribution is 5.90. The predicted molar refractivity (Wildman–Crippen MR) is 88.2 cm³/mol. The van der Waals surface area contributed by atoms with Crippen LogP contribution in [0.15, 0.2) is 42.7 Å². The lowest BCUT2D eigenvalue weighted by Gasteiger charge is -2.46. The van der Waals surface area contributed by atoms with E-state index in [4.69, 9.17) is 4.74 Å². The molecule has 0 spiro atoms. The SMILES string of the molecule is COCCn1cc(NC(=O)N2CC(C)C2c2ccccc2)cn1. The first-order chi connectivity index (χ1) is 11.2. The number of ether oxygens (including phenoxy) is 1. The van der Waals surface area contributed by atoms with Gasteiger partial charge in [-0.3, -0.25) is 4.68 Å². The lowest BCUT2D eigenvalue weighted by molar-refractivity contribution is 0.0671. The molecule has 23 heavy (non-hydrogen) atoms. The highest BCUT2D eigenvalue weighted by atomic mass is 16.5. The summed E-state index contributed by atoms with van der Waals surface area (Å²) in [7, 11) is 1.65. The molecule has 6 heteroatoms. The summed E-state index contributed by atoms with van der Waals surface area (Å²) in [5, 5.41) is 7.13. The highest BCUT2D eigenvalue weighted by Gasteiger charge is 2.39. The summed E-state index contributed by atoms with van der Waals surface area (Å²) < 4.78 is 6.78. The first kappa shape index (κ1) is 15.6. The van der Waals surface area contributed by atoms with E-state index in [1.54, 1.807) is 18.0 Å². The van der Waals surface area contributed by atoms with E-state index < -0.39 is 0 Å². The lowest BCUT2D eigenvalue weighted by atomic mass is 9.85. The van der Waals surface area contributed by atoms with Crippen molar-refractivity contribution < 1.29 is 9.53 Å². The third-order valence-electron chi connectivity index (χ3n) is 4.17. The molecular formula is C17H22N4O2. The molecule has 0 aliphatic carbocycles. The summed E-state index contributed by atoms with van der Waals surface area (Å²) in [6.07, 6.45) is 3.48. The molecule has 1 fully saturated rings. The fourth-order valence-electron chi connectivity index (χ4n) is 2.99. The van der Waals surface area contributed by atoms with E-state index in [1.807, 2.05) is 29.3 Å². The Kier molecular flexibility index (Phi) is 4.62. The molecule has 1 aliphatic rings. The summed E-state index contributed by atoms with van der Waals surface area (Å²) in [4.78, 5) is 14.4. The van der Waals surface area contributed by atoms with Crippen LogP contribution in [-0.2, 0) is 11.3 Å². The van der Waals surface area contributed by atoms with Crippen molar-refractivity contribution in [3.05, 3.63) is 48.3 Å². The van der Waals surface area contributed by atoms with Crippen LogP contribution in [0.3, 0.4) is 0 Å². The van der Waals surface area contributed by atoms with Crippen LogP contribution in [-0.4, -0.2) is 41.0 Å². The van der Waals surface area contributed by atoms with Crippen molar-refractivity contribution in [3.63, 3.8) is 0 Å². The molecule has 2 aromatic rings. The normalized spacial score (nSPS) is 20.2. The van der Waals surface area contributed by atoms with Gasteiger partial charge in [-0.15, -0.1) is 0 Å². The number of methoxy groups -OCH3 is 1. The Morgan fingerprint density at radius 2 is 2.17 bits per heavy atom. The van der Waals surface area contributed by atoms with Crippen molar-refractivity contribution in [2.45, 2.75) is 19.5 Å². The van der Waals surface area contributed by atoms with Crippen LogP contribution in [0.2, 0.25) is 0 Å². The zero-order valence-electron chi connectivity index (χ0n) is 13.5. The standard InChI is InChI=1S/C17H22N4O2/c1-13-11-21(16(13)14-6-4-3-5-7-14)17(22)19-15-10-18-20(12-15)8-9-23-2/h3-7,10,12-13,16H,8-9,11H2,1-2H3,(H,19,22). The summed E-state index contributed by atoms with van der Waals surface area (Å²) in [6, 6.07) is 10.2. The molecule has 2 amide bonds. The lowest BCUT2D eigenvalue weighted by Crippen LogP contribution is -2.53. The Labute approximate surface area is 136 Å². The second-order valence-corrected chi connectivity index (χ2v) is 5.90. The van der Waals surface area contributed by atoms with Crippen LogP contribution in [0.4, 0.5) is 10.5 Å². The number of aromatic nitrogens is 2. The Morgan fingerprint density at radius 1 is 1.39 bits per heavy atom. The van der Waals surface area contributed by atoms with Crippen LogP contribution >= 0.6 is 0 Å². The van der Waals surface area contributed by atoms with Crippen molar-refractivity contribution in [2.24, 2.45) is 5.92 Å². The monoisotopic (exact) mass is 314 g/mol. The van der Waals surface area contributed by atoms with Crippen LogP contribution in [0.5, 0.6) is 0 Å². The van der Waals surface area contributed by atoms with Gasteiger partial charge in [0, 0.05) is 19.9 Å². The largest absolute Gasteiger partial charge is 0.383 e. The van der Waals surface area contributed by atoms with Gasteiger partial charge in [0.05, 0.1) is 31.1 Å². The van der Waals surface area contributed by atoms with E-state index in [-0.39, 0.29) is 12.1 Å². The second kappa shape index (κ2) is 6.83. The van der Waals surface area contributed by atoms with E-state index in [0.717, 1.165) is 6.54 Å². The Balaban J connectivity index is 1.63. The van der Waals surface area contributed by atoms with Crippen molar-refractivity contribution in [1.29, 1.82) is 0 Å². The molecule has 1 aromatic heterocycles. The summed E-state index contributed by atoms with van der Waals surface area (Å²) in [5.41, 5.74) is 1.88. The smallest absolute Gasteiger partial charge is 0.322 e. The molecule has 1 N–H and O–H groups in total. The third kappa shape index (κ3) is 3.37. The molecule has 6 nitrogen and oxygen atoms in total. The molecule has 1 aromatic carbocycles. The van der Waals surface area contributed by atoms with E-state index in [2.05, 4.69) is 29.5 Å².